The van der Waals surface area contributed by atoms with Crippen LogP contribution in [0.25, 0.3) is 0 Å². The van der Waals surface area contributed by atoms with Crippen LogP contribution >= 0.6 is 0 Å². The van der Waals surface area contributed by atoms with Crippen molar-refractivity contribution in [3.05, 3.63) is 47.1 Å². The van der Waals surface area contributed by atoms with E-state index in [-0.39, 0.29) is 5.41 Å². The van der Waals surface area contributed by atoms with Gasteiger partial charge in [-0.3, -0.25) is 0 Å². The highest BCUT2D eigenvalue weighted by atomic mass is 14.4. The Bertz CT molecular complexity index is 427. The van der Waals surface area contributed by atoms with Gasteiger partial charge < -0.3 is 0 Å². The molecule has 1 rings (SSSR count). The molecule has 0 saturated heterocycles. The molecule has 0 aromatic carbocycles. The zero-order chi connectivity index (χ0) is 16.6. The van der Waals surface area contributed by atoms with E-state index < -0.39 is 0 Å². The average molecular weight is 289 g/mol. The van der Waals surface area contributed by atoms with Crippen LogP contribution in [0.5, 0.6) is 0 Å². The molecule has 1 aliphatic carbocycles. The molecule has 0 bridgehead atoms. The third kappa shape index (κ3) is 5.34. The molecule has 0 spiro atoms. The van der Waals surface area contributed by atoms with Crippen LogP contribution in [0.4, 0.5) is 0 Å². The Hall–Kier alpha value is -1.04. The van der Waals surface area contributed by atoms with E-state index in [2.05, 4.69) is 66.3 Å². The Balaban J connectivity index is 0.00000191. The Labute approximate surface area is 133 Å². The van der Waals surface area contributed by atoms with E-state index in [1.807, 2.05) is 13.8 Å². The highest BCUT2D eigenvalue weighted by Crippen LogP contribution is 2.47. The highest BCUT2D eigenvalue weighted by molar-refractivity contribution is 5.42. The first-order valence-corrected chi connectivity index (χ1v) is 8.54. The lowest BCUT2D eigenvalue weighted by atomic mass is 9.71. The van der Waals surface area contributed by atoms with E-state index in [0.717, 1.165) is 12.8 Å². The van der Waals surface area contributed by atoms with Crippen molar-refractivity contribution in [3.8, 4) is 0 Å². The van der Waals surface area contributed by atoms with Crippen molar-refractivity contribution in [3.63, 3.8) is 0 Å². The van der Waals surface area contributed by atoms with Gasteiger partial charge in [0.25, 0.3) is 0 Å². The first-order chi connectivity index (χ1) is 9.82. The molecule has 0 aromatic heterocycles. The van der Waals surface area contributed by atoms with Gasteiger partial charge >= 0.3 is 0 Å². The summed E-state index contributed by atoms with van der Waals surface area (Å²) in [6.45, 7) is 21.7. The zero-order valence-electron chi connectivity index (χ0n) is 15.6. The summed E-state index contributed by atoms with van der Waals surface area (Å²) in [5, 5.41) is 0. The molecule has 1 unspecified atom stereocenters. The molecular formula is C21H36. The SMILES string of the molecule is C=C(C)/C=C1\CC(=C/C)/C(=C\CC)C(C)(C)C(C)C1.CC. The Morgan fingerprint density at radius 2 is 1.90 bits per heavy atom. The molecule has 1 fully saturated rings. The van der Waals surface area contributed by atoms with Gasteiger partial charge in [-0.25, -0.2) is 0 Å². The van der Waals surface area contributed by atoms with Crippen LogP contribution < -0.4 is 0 Å². The molecule has 120 valence electrons. The molecule has 0 aromatic rings. The van der Waals surface area contributed by atoms with Crippen LogP contribution in [0.1, 0.15) is 74.7 Å². The second kappa shape index (κ2) is 9.07. The summed E-state index contributed by atoms with van der Waals surface area (Å²) >= 11 is 0. The fourth-order valence-corrected chi connectivity index (χ4v) is 3.05. The quantitative estimate of drug-likeness (QED) is 0.469. The molecule has 0 N–H and O–H groups in total. The van der Waals surface area contributed by atoms with Crippen LogP contribution in [0.3, 0.4) is 0 Å². The zero-order valence-corrected chi connectivity index (χ0v) is 15.6. The van der Waals surface area contributed by atoms with E-state index in [1.54, 1.807) is 5.57 Å². The van der Waals surface area contributed by atoms with Gasteiger partial charge in [-0.05, 0) is 55.6 Å². The topological polar surface area (TPSA) is 0 Å². The molecule has 1 saturated carbocycles. The molecule has 0 aliphatic heterocycles. The minimum absolute atomic E-state index is 0.252. The van der Waals surface area contributed by atoms with Crippen molar-refractivity contribution in [2.24, 2.45) is 11.3 Å². The maximum Gasteiger partial charge on any atom is -0.00642 e. The summed E-state index contributed by atoms with van der Waals surface area (Å²) in [6, 6.07) is 0. The van der Waals surface area contributed by atoms with E-state index in [0.29, 0.717) is 5.92 Å². The number of allylic oxidation sites excluding steroid dienone is 7. The van der Waals surface area contributed by atoms with E-state index in [1.165, 1.54) is 23.1 Å². The summed E-state index contributed by atoms with van der Waals surface area (Å²) in [6.07, 6.45) is 10.4. The lowest BCUT2D eigenvalue weighted by molar-refractivity contribution is 0.294. The predicted octanol–water partition coefficient (Wildman–Crippen LogP) is 7.25. The third-order valence-corrected chi connectivity index (χ3v) is 4.47. The van der Waals surface area contributed by atoms with Crippen molar-refractivity contribution in [1.82, 2.24) is 0 Å². The number of rotatable bonds is 2. The molecule has 0 amide bonds. The maximum atomic E-state index is 4.04. The number of hydrogen-bond donors (Lipinski definition) is 0. The summed E-state index contributed by atoms with van der Waals surface area (Å²) in [5.41, 5.74) is 6.00. The van der Waals surface area contributed by atoms with Gasteiger partial charge in [0.2, 0.25) is 0 Å². The van der Waals surface area contributed by atoms with Gasteiger partial charge in [0, 0.05) is 0 Å². The maximum absolute atomic E-state index is 4.04. The van der Waals surface area contributed by atoms with Crippen LogP contribution in [0, 0.1) is 11.3 Å². The summed E-state index contributed by atoms with van der Waals surface area (Å²) in [7, 11) is 0. The summed E-state index contributed by atoms with van der Waals surface area (Å²) < 4.78 is 0. The monoisotopic (exact) mass is 288 g/mol. The highest BCUT2D eigenvalue weighted by Gasteiger charge is 2.34. The standard InChI is InChI=1S/C19H30.C2H6/c1-8-10-18-17(9-2)13-16(11-14(3)4)12-15(5)19(18,6)7;1-2/h9-11,15H,3,8,12-13H2,1-2,4-7H3;1-2H3/b16-11-,17-9-,18-10+;. The molecule has 21 heavy (non-hydrogen) atoms. The van der Waals surface area contributed by atoms with Gasteiger partial charge in [0.1, 0.15) is 0 Å². The first-order valence-electron chi connectivity index (χ1n) is 8.54. The first kappa shape index (κ1) is 20.0. The van der Waals surface area contributed by atoms with Crippen LogP contribution in [-0.4, -0.2) is 0 Å². The average Bonchev–Trinajstić information content (AvgIpc) is 2.50. The Morgan fingerprint density at radius 3 is 2.33 bits per heavy atom. The molecule has 0 heterocycles. The second-order valence-corrected chi connectivity index (χ2v) is 6.49. The van der Waals surface area contributed by atoms with E-state index in [4.69, 9.17) is 0 Å². The fourth-order valence-electron chi connectivity index (χ4n) is 3.05. The van der Waals surface area contributed by atoms with Crippen molar-refractivity contribution in [2.45, 2.75) is 74.7 Å². The molecule has 1 atom stereocenters. The Morgan fingerprint density at radius 1 is 1.33 bits per heavy atom. The summed E-state index contributed by atoms with van der Waals surface area (Å²) in [4.78, 5) is 0. The molecule has 0 heteroatoms. The molecule has 0 radical (unpaired) electrons. The van der Waals surface area contributed by atoms with Gasteiger partial charge in [-0.1, -0.05) is 77.5 Å². The largest absolute Gasteiger partial charge is 0.0961 e. The smallest absolute Gasteiger partial charge is 0.00642 e. The minimum atomic E-state index is 0.252. The van der Waals surface area contributed by atoms with Crippen LogP contribution in [-0.2, 0) is 0 Å². The van der Waals surface area contributed by atoms with Crippen molar-refractivity contribution < 1.29 is 0 Å². The van der Waals surface area contributed by atoms with E-state index >= 15 is 0 Å². The molecular weight excluding hydrogens is 252 g/mol. The third-order valence-electron chi connectivity index (χ3n) is 4.47. The van der Waals surface area contributed by atoms with Crippen LogP contribution in [0.15, 0.2) is 47.1 Å². The Kier molecular flexibility index (Phi) is 8.63. The van der Waals surface area contributed by atoms with Crippen molar-refractivity contribution in [2.75, 3.05) is 0 Å². The van der Waals surface area contributed by atoms with Crippen molar-refractivity contribution in [1.29, 1.82) is 0 Å². The van der Waals surface area contributed by atoms with Crippen LogP contribution in [0.2, 0.25) is 0 Å². The van der Waals surface area contributed by atoms with E-state index in [9.17, 15) is 0 Å². The lowest BCUT2D eigenvalue weighted by Crippen LogP contribution is -2.23. The lowest BCUT2D eigenvalue weighted by Gasteiger charge is -2.33. The van der Waals surface area contributed by atoms with Gasteiger partial charge in [-0.15, -0.1) is 0 Å². The number of hydrogen-bond acceptors (Lipinski definition) is 0. The second-order valence-electron chi connectivity index (χ2n) is 6.49. The van der Waals surface area contributed by atoms with Gasteiger partial charge in [-0.2, -0.15) is 0 Å². The van der Waals surface area contributed by atoms with Crippen molar-refractivity contribution >= 4 is 0 Å². The molecule has 1 aliphatic rings. The van der Waals surface area contributed by atoms with Gasteiger partial charge in [0.05, 0.1) is 0 Å². The minimum Gasteiger partial charge on any atom is -0.0961 e. The summed E-state index contributed by atoms with van der Waals surface area (Å²) in [5.74, 6) is 0.661. The fraction of sp³-hybridized carbons (Fsp3) is 0.619. The predicted molar refractivity (Wildman–Crippen MR) is 98.6 cm³/mol. The molecule has 0 nitrogen and oxygen atoms in total. The van der Waals surface area contributed by atoms with Gasteiger partial charge in [0.15, 0.2) is 0 Å². The normalized spacial score (nSPS) is 27.2.